The Morgan fingerprint density at radius 1 is 0.493 bits per heavy atom. The van der Waals surface area contributed by atoms with Crippen molar-refractivity contribution in [2.75, 3.05) is 40.9 Å². The van der Waals surface area contributed by atoms with Crippen LogP contribution in [0.25, 0.3) is 0 Å². The Bertz CT molecular complexity index is 1470. The van der Waals surface area contributed by atoms with E-state index in [9.17, 15) is 19.4 Å². The molecule has 1 amide bonds. The van der Waals surface area contributed by atoms with Crippen LogP contribution in [0.5, 0.6) is 0 Å². The van der Waals surface area contributed by atoms with E-state index in [1.165, 1.54) is 122 Å². The lowest BCUT2D eigenvalue weighted by molar-refractivity contribution is -0.870. The van der Waals surface area contributed by atoms with E-state index in [4.69, 9.17) is 9.05 Å². The van der Waals surface area contributed by atoms with Crippen LogP contribution in [0.4, 0.5) is 0 Å². The van der Waals surface area contributed by atoms with E-state index in [-0.39, 0.29) is 19.1 Å². The lowest BCUT2D eigenvalue weighted by Gasteiger charge is -2.26. The van der Waals surface area contributed by atoms with Gasteiger partial charge in [-0.25, -0.2) is 4.57 Å². The van der Waals surface area contributed by atoms with Gasteiger partial charge in [0.2, 0.25) is 5.91 Å². The fourth-order valence-corrected chi connectivity index (χ4v) is 8.80. The van der Waals surface area contributed by atoms with Crippen molar-refractivity contribution < 1.29 is 32.9 Å². The van der Waals surface area contributed by atoms with E-state index in [1.807, 2.05) is 21.1 Å². The molecule has 0 saturated carbocycles. The molecule has 0 aromatic rings. The number of likely N-dealkylation sites (N-methyl/N-ethyl adjacent to an activating group) is 1. The Morgan fingerprint density at radius 3 is 1.24 bits per heavy atom. The number of carbonyl (C=O) groups is 1. The van der Waals surface area contributed by atoms with E-state index in [2.05, 4.69) is 116 Å². The Hall–Kier alpha value is -2.58. The quantitative estimate of drug-likeness (QED) is 0.0243. The normalized spacial score (nSPS) is 14.6. The standard InChI is InChI=1S/C62H111N2O6P/c1-6-8-10-12-14-16-18-19-20-21-22-23-24-25-26-27-28-29-30-31-32-33-34-35-36-37-38-39-40-41-42-43-44-45-46-48-50-52-54-56-62(66)63-60(59-70-71(67,68)69-58-57-64(3,4)5)61(65)55-53-51-49-47-17-15-13-11-9-7-2/h8,10,14,16,19-20,22-23,25-26,28-29,31-32,34-35,60-61,65H,6-7,9,11-13,15,17-18,21,24,27,30,33,36-59H2,1-5H3,(H-,63,66,67,68)/p+1/b10-8-,16-14-,20-19-,23-22-,26-25-,29-28-,32-31-,35-34-. The molecule has 0 aromatic heterocycles. The lowest BCUT2D eigenvalue weighted by Crippen LogP contribution is -2.46. The number of quaternary nitrogens is 1. The number of amides is 1. The number of nitrogens with one attached hydrogen (secondary N) is 1. The van der Waals surface area contributed by atoms with Crippen LogP contribution < -0.4 is 5.32 Å². The number of hydrogen-bond acceptors (Lipinski definition) is 5. The van der Waals surface area contributed by atoms with E-state index < -0.39 is 20.0 Å². The van der Waals surface area contributed by atoms with Gasteiger partial charge in [-0.3, -0.25) is 13.8 Å². The van der Waals surface area contributed by atoms with Gasteiger partial charge >= 0.3 is 7.82 Å². The summed E-state index contributed by atoms with van der Waals surface area (Å²) < 4.78 is 23.7. The fourth-order valence-electron chi connectivity index (χ4n) is 8.06. The number of aliphatic hydroxyl groups is 1. The van der Waals surface area contributed by atoms with Crippen molar-refractivity contribution in [3.63, 3.8) is 0 Å². The van der Waals surface area contributed by atoms with Gasteiger partial charge in [0.15, 0.2) is 0 Å². The molecule has 0 bridgehead atoms. The maximum absolute atomic E-state index is 12.9. The summed E-state index contributed by atoms with van der Waals surface area (Å²) in [5.74, 6) is -0.149. The average molecular weight is 1010 g/mol. The van der Waals surface area contributed by atoms with E-state index in [1.54, 1.807) is 0 Å². The third-order valence-electron chi connectivity index (χ3n) is 12.6. The smallest absolute Gasteiger partial charge is 0.391 e. The highest BCUT2D eigenvalue weighted by molar-refractivity contribution is 7.47. The molecule has 0 aromatic carbocycles. The fraction of sp³-hybridized carbons (Fsp3) is 0.726. The van der Waals surface area contributed by atoms with Gasteiger partial charge in [0, 0.05) is 6.42 Å². The van der Waals surface area contributed by atoms with Crippen LogP contribution in [0, 0.1) is 0 Å². The van der Waals surface area contributed by atoms with Gasteiger partial charge in [0.1, 0.15) is 13.2 Å². The molecule has 0 aliphatic heterocycles. The average Bonchev–Trinajstić information content (AvgIpc) is 3.33. The molecule has 3 unspecified atom stereocenters. The number of phosphoric acid groups is 1. The minimum absolute atomic E-state index is 0.0717. The Labute approximate surface area is 439 Å². The molecule has 8 nitrogen and oxygen atoms in total. The van der Waals surface area contributed by atoms with Crippen molar-refractivity contribution in [1.82, 2.24) is 5.32 Å². The lowest BCUT2D eigenvalue weighted by atomic mass is 10.0. The Kier molecular flexibility index (Phi) is 50.4. The summed E-state index contributed by atoms with van der Waals surface area (Å²) >= 11 is 0. The molecule has 0 heterocycles. The van der Waals surface area contributed by atoms with Crippen LogP contribution in [0.3, 0.4) is 0 Å². The van der Waals surface area contributed by atoms with Crippen LogP contribution in [-0.2, 0) is 18.4 Å². The van der Waals surface area contributed by atoms with E-state index >= 15 is 0 Å². The first-order valence-corrected chi connectivity index (χ1v) is 30.6. The molecule has 0 saturated heterocycles. The predicted molar refractivity (Wildman–Crippen MR) is 309 cm³/mol. The van der Waals surface area contributed by atoms with Gasteiger partial charge in [-0.15, -0.1) is 0 Å². The number of hydrogen-bond donors (Lipinski definition) is 3. The van der Waals surface area contributed by atoms with Crippen molar-refractivity contribution in [2.24, 2.45) is 0 Å². The summed E-state index contributed by atoms with van der Waals surface area (Å²) in [6.07, 6.45) is 74.8. The Balaban J connectivity index is 3.95. The third-order valence-corrected chi connectivity index (χ3v) is 13.6. The predicted octanol–water partition coefficient (Wildman–Crippen LogP) is 17.8. The number of unbranched alkanes of at least 4 members (excludes halogenated alkanes) is 23. The molecule has 0 aliphatic carbocycles. The third kappa shape index (κ3) is 55.0. The van der Waals surface area contributed by atoms with E-state index in [0.29, 0.717) is 23.9 Å². The molecule has 9 heteroatoms. The first-order valence-electron chi connectivity index (χ1n) is 29.1. The monoisotopic (exact) mass is 1010 g/mol. The SMILES string of the molecule is CC/C=C\C/C=C\C/C=C\C/C=C\C/C=C\C/C=C\C/C=C\C/C=C\CCCCCCCCCCCCCCCCC(=O)NC(COP(=O)(O)OCC[N+](C)(C)C)C(O)CCCCCCCCCCCC. The number of rotatable bonds is 52. The molecule has 410 valence electrons. The van der Waals surface area contributed by atoms with Crippen molar-refractivity contribution in [2.45, 2.75) is 251 Å². The molecule has 0 spiro atoms. The highest BCUT2D eigenvalue weighted by Gasteiger charge is 2.28. The number of aliphatic hydroxyl groups excluding tert-OH is 1. The summed E-state index contributed by atoms with van der Waals surface area (Å²) in [7, 11) is 1.61. The highest BCUT2D eigenvalue weighted by atomic mass is 31.2. The first-order chi connectivity index (χ1) is 34.5. The topological polar surface area (TPSA) is 105 Å². The minimum atomic E-state index is -4.32. The number of allylic oxidation sites excluding steroid dienone is 16. The molecule has 0 radical (unpaired) electrons. The number of nitrogens with zero attached hydrogens (tertiary/aromatic N) is 1. The zero-order valence-corrected chi connectivity index (χ0v) is 47.6. The molecule has 0 fully saturated rings. The van der Waals surface area contributed by atoms with Crippen molar-refractivity contribution in [3.05, 3.63) is 97.2 Å². The summed E-state index contributed by atoms with van der Waals surface area (Å²) in [5.41, 5.74) is 0. The Morgan fingerprint density at radius 2 is 0.845 bits per heavy atom. The van der Waals surface area contributed by atoms with Gasteiger partial charge in [0.05, 0.1) is 39.9 Å². The van der Waals surface area contributed by atoms with Crippen molar-refractivity contribution in [1.29, 1.82) is 0 Å². The van der Waals surface area contributed by atoms with Crippen molar-refractivity contribution in [3.8, 4) is 0 Å². The maximum atomic E-state index is 12.9. The highest BCUT2D eigenvalue weighted by Crippen LogP contribution is 2.43. The number of carbonyl (C=O) groups excluding carboxylic acids is 1. The summed E-state index contributed by atoms with van der Waals surface area (Å²) in [6.45, 7) is 4.75. The van der Waals surface area contributed by atoms with Crippen LogP contribution >= 0.6 is 7.82 Å². The molecular formula is C62H112N2O6P+. The van der Waals surface area contributed by atoms with Gasteiger partial charge in [-0.05, 0) is 77.0 Å². The molecule has 0 rings (SSSR count). The van der Waals surface area contributed by atoms with Gasteiger partial charge in [-0.2, -0.15) is 0 Å². The van der Waals surface area contributed by atoms with E-state index in [0.717, 1.165) is 89.9 Å². The number of phosphoric ester groups is 1. The van der Waals surface area contributed by atoms with Crippen LogP contribution in [0.15, 0.2) is 97.2 Å². The zero-order valence-electron chi connectivity index (χ0n) is 46.7. The maximum Gasteiger partial charge on any atom is 0.472 e. The zero-order chi connectivity index (χ0) is 52.0. The van der Waals surface area contributed by atoms with Crippen molar-refractivity contribution >= 4 is 13.7 Å². The molecular weight excluding hydrogens is 900 g/mol. The van der Waals surface area contributed by atoms with Crippen LogP contribution in [0.2, 0.25) is 0 Å². The molecule has 71 heavy (non-hydrogen) atoms. The largest absolute Gasteiger partial charge is 0.472 e. The van der Waals surface area contributed by atoms with Gasteiger partial charge < -0.3 is 19.8 Å². The second kappa shape index (κ2) is 52.3. The molecule has 0 aliphatic rings. The second-order valence-electron chi connectivity index (χ2n) is 20.6. The first kappa shape index (κ1) is 68.4. The van der Waals surface area contributed by atoms with Gasteiger partial charge in [-0.1, -0.05) is 252 Å². The minimum Gasteiger partial charge on any atom is -0.391 e. The van der Waals surface area contributed by atoms with Gasteiger partial charge in [0.25, 0.3) is 0 Å². The summed E-state index contributed by atoms with van der Waals surface area (Å²) in [6, 6.07) is -0.763. The summed E-state index contributed by atoms with van der Waals surface area (Å²) in [5, 5.41) is 14.0. The molecule has 3 N–H and O–H groups in total. The van der Waals surface area contributed by atoms with Crippen LogP contribution in [0.1, 0.15) is 239 Å². The molecule has 3 atom stereocenters. The summed E-state index contributed by atoms with van der Waals surface area (Å²) in [4.78, 5) is 23.2. The van der Waals surface area contributed by atoms with Crippen LogP contribution in [-0.4, -0.2) is 73.4 Å². The second-order valence-corrected chi connectivity index (χ2v) is 22.1.